The monoisotopic (exact) mass is 188 g/mol. The lowest BCUT2D eigenvalue weighted by molar-refractivity contribution is 0.290. The van der Waals surface area contributed by atoms with Crippen LogP contribution in [0.25, 0.3) is 0 Å². The molecule has 0 radical (unpaired) electrons. The van der Waals surface area contributed by atoms with Crippen molar-refractivity contribution in [3.63, 3.8) is 0 Å². The molecule has 1 atom stereocenters. The zero-order chi connectivity index (χ0) is 10.6. The normalized spacial score (nSPS) is 11.0. The van der Waals surface area contributed by atoms with E-state index in [1.807, 2.05) is 5.92 Å². The maximum Gasteiger partial charge on any atom is 0.176 e. The van der Waals surface area contributed by atoms with E-state index < -0.39 is 6.10 Å². The highest BCUT2D eigenvalue weighted by Crippen LogP contribution is 2.07. The standard InChI is InChI=1S/C12H9FO/c1-3-11(14)7-6-10-5-4-9(2)12(13)8-10/h1,4-5,8,11,14H,2H3. The van der Waals surface area contributed by atoms with Gasteiger partial charge in [0.2, 0.25) is 0 Å². The Morgan fingerprint density at radius 1 is 1.50 bits per heavy atom. The molecule has 0 fully saturated rings. The molecule has 0 heterocycles. The zero-order valence-corrected chi connectivity index (χ0v) is 7.71. The fourth-order valence-corrected chi connectivity index (χ4v) is 0.864. The van der Waals surface area contributed by atoms with Crippen LogP contribution in [0.4, 0.5) is 4.39 Å². The molecule has 1 rings (SSSR count). The van der Waals surface area contributed by atoms with Crippen molar-refractivity contribution in [3.8, 4) is 24.2 Å². The van der Waals surface area contributed by atoms with E-state index in [2.05, 4.69) is 11.8 Å². The maximum atomic E-state index is 13.0. The third-order valence-electron chi connectivity index (χ3n) is 1.68. The zero-order valence-electron chi connectivity index (χ0n) is 7.71. The van der Waals surface area contributed by atoms with Gasteiger partial charge in [0, 0.05) is 5.56 Å². The predicted molar refractivity (Wildman–Crippen MR) is 52.9 cm³/mol. The van der Waals surface area contributed by atoms with E-state index >= 15 is 0 Å². The quantitative estimate of drug-likeness (QED) is 0.611. The summed E-state index contributed by atoms with van der Waals surface area (Å²) in [6.07, 6.45) is 3.82. The average Bonchev–Trinajstić information content (AvgIpc) is 2.19. The van der Waals surface area contributed by atoms with Gasteiger partial charge in [-0.3, -0.25) is 0 Å². The lowest BCUT2D eigenvalue weighted by Gasteiger charge is -1.95. The number of hydrogen-bond donors (Lipinski definition) is 1. The van der Waals surface area contributed by atoms with Crippen molar-refractivity contribution in [1.82, 2.24) is 0 Å². The Bertz CT molecular complexity index is 432. The number of halogens is 1. The summed E-state index contributed by atoms with van der Waals surface area (Å²) in [5.74, 6) is 6.72. The number of rotatable bonds is 0. The van der Waals surface area contributed by atoms with Gasteiger partial charge in [0.15, 0.2) is 6.10 Å². The van der Waals surface area contributed by atoms with E-state index in [1.165, 1.54) is 6.07 Å². The molecule has 0 saturated heterocycles. The predicted octanol–water partition coefficient (Wildman–Crippen LogP) is 1.48. The molecule has 0 aliphatic heterocycles. The summed E-state index contributed by atoms with van der Waals surface area (Å²) in [5, 5.41) is 8.94. The SMILES string of the molecule is C#CC(O)C#Cc1ccc(C)c(F)c1. The molecule has 0 amide bonds. The van der Waals surface area contributed by atoms with Gasteiger partial charge in [0.25, 0.3) is 0 Å². The number of benzene rings is 1. The Balaban J connectivity index is 2.93. The lowest BCUT2D eigenvalue weighted by atomic mass is 10.1. The third-order valence-corrected chi connectivity index (χ3v) is 1.68. The second kappa shape index (κ2) is 4.46. The first-order valence-corrected chi connectivity index (χ1v) is 4.05. The molecule has 2 heteroatoms. The van der Waals surface area contributed by atoms with Crippen molar-refractivity contribution in [2.45, 2.75) is 13.0 Å². The Labute approximate surface area is 82.6 Å². The van der Waals surface area contributed by atoms with E-state index in [0.29, 0.717) is 11.1 Å². The molecule has 1 nitrogen and oxygen atoms in total. The molecular weight excluding hydrogens is 179 g/mol. The second-order valence-electron chi connectivity index (χ2n) is 2.80. The molecule has 0 bridgehead atoms. The molecule has 0 aromatic heterocycles. The molecule has 0 aliphatic carbocycles. The van der Waals surface area contributed by atoms with Crippen molar-refractivity contribution >= 4 is 0 Å². The van der Waals surface area contributed by atoms with Gasteiger partial charge in [-0.1, -0.05) is 23.8 Å². The van der Waals surface area contributed by atoms with E-state index in [-0.39, 0.29) is 5.82 Å². The summed E-state index contributed by atoms with van der Waals surface area (Å²) in [6.45, 7) is 1.67. The molecular formula is C12H9FO. The van der Waals surface area contributed by atoms with Crippen molar-refractivity contribution in [1.29, 1.82) is 0 Å². The summed E-state index contributed by atoms with van der Waals surface area (Å²) in [4.78, 5) is 0. The molecule has 1 aromatic rings. The lowest BCUT2D eigenvalue weighted by Crippen LogP contribution is -1.96. The van der Waals surface area contributed by atoms with Crippen molar-refractivity contribution in [3.05, 3.63) is 35.1 Å². The third kappa shape index (κ3) is 2.62. The first kappa shape index (κ1) is 10.3. The summed E-state index contributed by atoms with van der Waals surface area (Å²) in [7, 11) is 0. The minimum absolute atomic E-state index is 0.313. The summed E-state index contributed by atoms with van der Waals surface area (Å²) < 4.78 is 13.0. The van der Waals surface area contributed by atoms with Crippen LogP contribution >= 0.6 is 0 Å². The van der Waals surface area contributed by atoms with Gasteiger partial charge in [-0.2, -0.15) is 0 Å². The van der Waals surface area contributed by atoms with E-state index in [1.54, 1.807) is 19.1 Å². The highest BCUT2D eigenvalue weighted by Gasteiger charge is 1.96. The fourth-order valence-electron chi connectivity index (χ4n) is 0.864. The van der Waals surface area contributed by atoms with Gasteiger partial charge in [0.1, 0.15) is 5.82 Å². The molecule has 1 aromatic carbocycles. The van der Waals surface area contributed by atoms with Crippen LogP contribution in [0.1, 0.15) is 11.1 Å². The summed E-state index contributed by atoms with van der Waals surface area (Å²) in [5.41, 5.74) is 1.07. The smallest absolute Gasteiger partial charge is 0.176 e. The van der Waals surface area contributed by atoms with E-state index in [9.17, 15) is 4.39 Å². The van der Waals surface area contributed by atoms with Crippen LogP contribution < -0.4 is 0 Å². The Morgan fingerprint density at radius 3 is 2.79 bits per heavy atom. The van der Waals surface area contributed by atoms with Crippen LogP contribution in [0.15, 0.2) is 18.2 Å². The Morgan fingerprint density at radius 2 is 2.21 bits per heavy atom. The molecule has 1 N–H and O–H groups in total. The topological polar surface area (TPSA) is 20.2 Å². The van der Waals surface area contributed by atoms with Crippen LogP contribution in [0.5, 0.6) is 0 Å². The van der Waals surface area contributed by atoms with Crippen LogP contribution in [-0.2, 0) is 0 Å². The fraction of sp³-hybridized carbons (Fsp3) is 0.167. The first-order valence-electron chi connectivity index (χ1n) is 4.05. The minimum Gasteiger partial charge on any atom is -0.369 e. The molecule has 1 unspecified atom stereocenters. The van der Waals surface area contributed by atoms with Gasteiger partial charge >= 0.3 is 0 Å². The first-order chi connectivity index (χ1) is 6.63. The summed E-state index contributed by atoms with van der Waals surface area (Å²) >= 11 is 0. The largest absolute Gasteiger partial charge is 0.369 e. The highest BCUT2D eigenvalue weighted by atomic mass is 19.1. The molecule has 0 spiro atoms. The van der Waals surface area contributed by atoms with Crippen molar-refractivity contribution in [2.75, 3.05) is 0 Å². The number of terminal acetylenes is 1. The minimum atomic E-state index is -1.10. The highest BCUT2D eigenvalue weighted by molar-refractivity contribution is 5.38. The van der Waals surface area contributed by atoms with E-state index in [0.717, 1.165) is 0 Å². The molecule has 0 aliphatic rings. The van der Waals surface area contributed by atoms with Crippen molar-refractivity contribution in [2.24, 2.45) is 0 Å². The Hall–Kier alpha value is -1.77. The molecule has 14 heavy (non-hydrogen) atoms. The van der Waals surface area contributed by atoms with Crippen LogP contribution in [0.3, 0.4) is 0 Å². The summed E-state index contributed by atoms with van der Waals surface area (Å²) in [6, 6.07) is 4.61. The molecule has 70 valence electrons. The van der Waals surface area contributed by atoms with Crippen LogP contribution in [0, 0.1) is 36.9 Å². The van der Waals surface area contributed by atoms with Crippen LogP contribution in [0.2, 0.25) is 0 Å². The number of aryl methyl sites for hydroxylation is 1. The maximum absolute atomic E-state index is 13.0. The van der Waals surface area contributed by atoms with Crippen LogP contribution in [-0.4, -0.2) is 11.2 Å². The van der Waals surface area contributed by atoms with Gasteiger partial charge in [-0.15, -0.1) is 6.42 Å². The van der Waals surface area contributed by atoms with E-state index in [4.69, 9.17) is 11.5 Å². The Kier molecular flexibility index (Phi) is 3.29. The molecule has 0 saturated carbocycles. The number of aliphatic hydroxyl groups excluding tert-OH is 1. The van der Waals surface area contributed by atoms with Gasteiger partial charge in [-0.25, -0.2) is 4.39 Å². The van der Waals surface area contributed by atoms with Gasteiger partial charge in [-0.05, 0) is 24.6 Å². The van der Waals surface area contributed by atoms with Gasteiger partial charge in [0.05, 0.1) is 0 Å². The average molecular weight is 188 g/mol. The van der Waals surface area contributed by atoms with Crippen molar-refractivity contribution < 1.29 is 9.50 Å². The number of hydrogen-bond acceptors (Lipinski definition) is 1. The second-order valence-corrected chi connectivity index (χ2v) is 2.80. The van der Waals surface area contributed by atoms with Gasteiger partial charge < -0.3 is 5.11 Å². The number of aliphatic hydroxyl groups is 1.